The van der Waals surface area contributed by atoms with Crippen molar-refractivity contribution in [1.29, 1.82) is 0 Å². The lowest BCUT2D eigenvalue weighted by molar-refractivity contribution is 0.101. The van der Waals surface area contributed by atoms with Crippen LogP contribution in [0.3, 0.4) is 0 Å². The molecule has 0 saturated heterocycles. The summed E-state index contributed by atoms with van der Waals surface area (Å²) in [6, 6.07) is 17.4. The third-order valence-electron chi connectivity index (χ3n) is 5.05. The van der Waals surface area contributed by atoms with Gasteiger partial charge in [0.2, 0.25) is 0 Å². The van der Waals surface area contributed by atoms with Crippen molar-refractivity contribution in [3.05, 3.63) is 102 Å². The van der Waals surface area contributed by atoms with Crippen molar-refractivity contribution in [2.75, 3.05) is 5.32 Å². The summed E-state index contributed by atoms with van der Waals surface area (Å²) in [7, 11) is 0. The molecule has 0 spiro atoms. The van der Waals surface area contributed by atoms with Crippen LogP contribution in [0.2, 0.25) is 0 Å². The number of nitrogens with zero attached hydrogens (tertiary/aromatic N) is 3. The van der Waals surface area contributed by atoms with Crippen LogP contribution in [0.4, 0.5) is 14.5 Å². The van der Waals surface area contributed by atoms with Gasteiger partial charge in [-0.15, -0.1) is 0 Å². The van der Waals surface area contributed by atoms with Gasteiger partial charge in [-0.3, -0.25) is 14.8 Å². The molecule has 1 N–H and O–H groups in total. The number of anilines is 1. The first-order valence-corrected chi connectivity index (χ1v) is 9.62. The lowest BCUT2D eigenvalue weighted by atomic mass is 10.2. The average molecular weight is 414 g/mol. The minimum atomic E-state index is -0.393. The smallest absolute Gasteiger partial charge is 0.272 e. The fourth-order valence-electron chi connectivity index (χ4n) is 3.65. The van der Waals surface area contributed by atoms with Crippen LogP contribution < -0.4 is 5.32 Å². The van der Waals surface area contributed by atoms with Crippen molar-refractivity contribution in [1.82, 2.24) is 14.5 Å². The van der Waals surface area contributed by atoms with Crippen molar-refractivity contribution >= 4 is 33.5 Å². The molecule has 0 radical (unpaired) electrons. The summed E-state index contributed by atoms with van der Waals surface area (Å²) in [6.45, 7) is 0.263. The minimum absolute atomic E-state index is 0.263. The Morgan fingerprint density at radius 3 is 2.52 bits per heavy atom. The van der Waals surface area contributed by atoms with Gasteiger partial charge in [-0.1, -0.05) is 12.1 Å². The molecule has 3 aromatic carbocycles. The number of fused-ring (bicyclic) bond motifs is 2. The Labute approximate surface area is 176 Å². The standard InChI is InChI=1S/C24H16F2N4O/c25-17-3-1-2-15(10-17)14-30-22-7-4-18(26)11-16(22)12-23(30)24(31)29-19-5-6-20-21(13-19)28-9-8-27-20/h1-13H,14H2,(H,29,31). The van der Waals surface area contributed by atoms with Crippen LogP contribution in [0.25, 0.3) is 21.9 Å². The number of benzene rings is 3. The van der Waals surface area contributed by atoms with Gasteiger partial charge in [0.1, 0.15) is 17.3 Å². The third kappa shape index (κ3) is 3.73. The molecule has 0 saturated carbocycles. The number of hydrogen-bond donors (Lipinski definition) is 1. The third-order valence-corrected chi connectivity index (χ3v) is 5.05. The van der Waals surface area contributed by atoms with Gasteiger partial charge < -0.3 is 9.88 Å². The van der Waals surface area contributed by atoms with Crippen molar-refractivity contribution in [2.24, 2.45) is 0 Å². The van der Waals surface area contributed by atoms with E-state index in [-0.39, 0.29) is 18.3 Å². The highest BCUT2D eigenvalue weighted by Crippen LogP contribution is 2.24. The Bertz CT molecular complexity index is 1440. The number of nitrogens with one attached hydrogen (secondary N) is 1. The Morgan fingerprint density at radius 2 is 1.68 bits per heavy atom. The molecule has 0 fully saturated rings. The summed E-state index contributed by atoms with van der Waals surface area (Å²) in [5.41, 5.74) is 3.65. The molecule has 0 aliphatic carbocycles. The van der Waals surface area contributed by atoms with E-state index in [4.69, 9.17) is 0 Å². The summed E-state index contributed by atoms with van der Waals surface area (Å²) in [4.78, 5) is 21.6. The number of carbonyl (C=O) groups excluding carboxylic acids is 1. The predicted molar refractivity (Wildman–Crippen MR) is 115 cm³/mol. The fraction of sp³-hybridized carbons (Fsp3) is 0.0417. The summed E-state index contributed by atoms with van der Waals surface area (Å²) in [6.07, 6.45) is 3.18. The van der Waals surface area contributed by atoms with Gasteiger partial charge in [-0.05, 0) is 60.2 Å². The van der Waals surface area contributed by atoms with Crippen molar-refractivity contribution in [3.8, 4) is 0 Å². The Hall–Kier alpha value is -4.13. The summed E-state index contributed by atoms with van der Waals surface area (Å²) >= 11 is 0. The van der Waals surface area contributed by atoms with Gasteiger partial charge in [0.25, 0.3) is 5.91 Å². The van der Waals surface area contributed by atoms with E-state index in [1.165, 1.54) is 24.3 Å². The topological polar surface area (TPSA) is 59.8 Å². The Kier molecular flexibility index (Phi) is 4.63. The number of halogens is 2. The molecule has 5 rings (SSSR count). The molecule has 2 heterocycles. The number of aromatic nitrogens is 3. The van der Waals surface area contributed by atoms with Crippen LogP contribution >= 0.6 is 0 Å². The number of rotatable bonds is 4. The van der Waals surface area contributed by atoms with Gasteiger partial charge in [-0.25, -0.2) is 8.78 Å². The van der Waals surface area contributed by atoms with Gasteiger partial charge in [0.05, 0.1) is 11.0 Å². The highest BCUT2D eigenvalue weighted by Gasteiger charge is 2.17. The molecule has 0 aliphatic heterocycles. The zero-order valence-corrected chi connectivity index (χ0v) is 16.2. The molecular formula is C24H16F2N4O. The molecule has 152 valence electrons. The van der Waals surface area contributed by atoms with E-state index < -0.39 is 5.82 Å². The molecule has 0 atom stereocenters. The molecule has 31 heavy (non-hydrogen) atoms. The van der Waals surface area contributed by atoms with Crippen LogP contribution in [0, 0.1) is 11.6 Å². The van der Waals surface area contributed by atoms with E-state index in [1.54, 1.807) is 59.4 Å². The molecule has 5 nitrogen and oxygen atoms in total. The second-order valence-corrected chi connectivity index (χ2v) is 7.16. The SMILES string of the molecule is O=C(Nc1ccc2nccnc2c1)c1cc2cc(F)ccc2n1Cc1cccc(F)c1. The zero-order valence-electron chi connectivity index (χ0n) is 16.2. The van der Waals surface area contributed by atoms with Gasteiger partial charge in [-0.2, -0.15) is 0 Å². The first kappa shape index (κ1) is 18.9. The van der Waals surface area contributed by atoms with E-state index in [9.17, 15) is 13.6 Å². The second kappa shape index (κ2) is 7.60. The zero-order chi connectivity index (χ0) is 21.4. The van der Waals surface area contributed by atoms with Gasteiger partial charge in [0.15, 0.2) is 0 Å². The maximum atomic E-state index is 13.8. The van der Waals surface area contributed by atoms with Gasteiger partial charge in [0, 0.05) is 35.5 Å². The van der Waals surface area contributed by atoms with E-state index in [0.29, 0.717) is 33.4 Å². The fourth-order valence-corrected chi connectivity index (χ4v) is 3.65. The predicted octanol–water partition coefficient (Wildman–Crippen LogP) is 5.16. The first-order valence-electron chi connectivity index (χ1n) is 9.62. The Morgan fingerprint density at radius 1 is 0.871 bits per heavy atom. The number of amides is 1. The van der Waals surface area contributed by atoms with E-state index in [2.05, 4.69) is 15.3 Å². The highest BCUT2D eigenvalue weighted by atomic mass is 19.1. The van der Waals surface area contributed by atoms with Gasteiger partial charge >= 0.3 is 0 Å². The van der Waals surface area contributed by atoms with E-state index in [0.717, 1.165) is 5.52 Å². The summed E-state index contributed by atoms with van der Waals surface area (Å²) in [5, 5.41) is 3.46. The molecular weight excluding hydrogens is 398 g/mol. The molecule has 7 heteroatoms. The normalized spacial score (nSPS) is 11.2. The van der Waals surface area contributed by atoms with Crippen LogP contribution in [-0.4, -0.2) is 20.4 Å². The number of carbonyl (C=O) groups is 1. The quantitative estimate of drug-likeness (QED) is 0.442. The van der Waals surface area contributed by atoms with Crippen molar-refractivity contribution in [3.63, 3.8) is 0 Å². The highest BCUT2D eigenvalue weighted by molar-refractivity contribution is 6.07. The largest absolute Gasteiger partial charge is 0.332 e. The molecule has 2 aromatic heterocycles. The molecule has 5 aromatic rings. The monoisotopic (exact) mass is 414 g/mol. The van der Waals surface area contributed by atoms with Crippen LogP contribution in [0.1, 0.15) is 16.1 Å². The maximum absolute atomic E-state index is 13.8. The first-order chi connectivity index (χ1) is 15.1. The molecule has 0 unspecified atom stereocenters. The molecule has 1 amide bonds. The molecule has 0 aliphatic rings. The maximum Gasteiger partial charge on any atom is 0.272 e. The average Bonchev–Trinajstić information content (AvgIpc) is 3.11. The number of hydrogen-bond acceptors (Lipinski definition) is 3. The summed E-state index contributed by atoms with van der Waals surface area (Å²) < 4.78 is 29.2. The Balaban J connectivity index is 1.54. The molecule has 0 bridgehead atoms. The van der Waals surface area contributed by atoms with E-state index in [1.807, 2.05) is 0 Å². The van der Waals surface area contributed by atoms with Crippen LogP contribution in [0.5, 0.6) is 0 Å². The van der Waals surface area contributed by atoms with Crippen molar-refractivity contribution < 1.29 is 13.6 Å². The lowest BCUT2D eigenvalue weighted by Crippen LogP contribution is -2.17. The summed E-state index contributed by atoms with van der Waals surface area (Å²) in [5.74, 6) is -1.12. The van der Waals surface area contributed by atoms with E-state index >= 15 is 0 Å². The minimum Gasteiger partial charge on any atom is -0.332 e. The lowest BCUT2D eigenvalue weighted by Gasteiger charge is -2.12. The van der Waals surface area contributed by atoms with Crippen molar-refractivity contribution in [2.45, 2.75) is 6.54 Å². The van der Waals surface area contributed by atoms with Crippen LogP contribution in [0.15, 0.2) is 79.1 Å². The second-order valence-electron chi connectivity index (χ2n) is 7.16. The van der Waals surface area contributed by atoms with Crippen LogP contribution in [-0.2, 0) is 6.54 Å².